The summed E-state index contributed by atoms with van der Waals surface area (Å²) in [6, 6.07) is 8.12. The first-order valence-corrected chi connectivity index (χ1v) is 10.7. The van der Waals surface area contributed by atoms with Gasteiger partial charge < -0.3 is 19.1 Å². The molecule has 1 aromatic carbocycles. The molecular formula is C24H29ClN2O3. The van der Waals surface area contributed by atoms with Crippen LogP contribution in [0.4, 0.5) is 0 Å². The summed E-state index contributed by atoms with van der Waals surface area (Å²) >= 11 is 6.48. The molecule has 1 unspecified atom stereocenters. The van der Waals surface area contributed by atoms with Crippen LogP contribution in [0.5, 0.6) is 5.75 Å². The maximum absolute atomic E-state index is 10.0. The van der Waals surface area contributed by atoms with Crippen LogP contribution in [0.2, 0.25) is 5.02 Å². The van der Waals surface area contributed by atoms with E-state index in [0.717, 1.165) is 39.2 Å². The van der Waals surface area contributed by atoms with Crippen molar-refractivity contribution in [3.63, 3.8) is 0 Å². The number of hydrogen-bond acceptors (Lipinski definition) is 4. The Hall–Kier alpha value is -2.08. The van der Waals surface area contributed by atoms with Crippen LogP contribution >= 0.6 is 11.6 Å². The van der Waals surface area contributed by atoms with Crippen LogP contribution in [0.15, 0.2) is 30.5 Å². The molecule has 2 atom stereocenters. The van der Waals surface area contributed by atoms with Gasteiger partial charge in [-0.3, -0.25) is 4.98 Å². The van der Waals surface area contributed by atoms with Crippen molar-refractivity contribution in [2.45, 2.75) is 46.3 Å². The monoisotopic (exact) mass is 428 g/mol. The second-order valence-corrected chi connectivity index (χ2v) is 9.41. The number of benzene rings is 1. The minimum atomic E-state index is -0.288. The first-order chi connectivity index (χ1) is 14.3. The summed E-state index contributed by atoms with van der Waals surface area (Å²) in [5.41, 5.74) is 4.97. The Morgan fingerprint density at radius 1 is 1.40 bits per heavy atom. The molecule has 2 aromatic heterocycles. The molecule has 160 valence electrons. The van der Waals surface area contributed by atoms with Gasteiger partial charge in [0, 0.05) is 42.0 Å². The average Bonchev–Trinajstić information content (AvgIpc) is 3.04. The predicted octanol–water partition coefficient (Wildman–Crippen LogP) is 5.58. The van der Waals surface area contributed by atoms with Crippen molar-refractivity contribution in [1.29, 1.82) is 0 Å². The molecule has 30 heavy (non-hydrogen) atoms. The molecule has 0 saturated heterocycles. The third-order valence-corrected chi connectivity index (χ3v) is 6.19. The first kappa shape index (κ1) is 21.2. The highest BCUT2D eigenvalue weighted by Gasteiger charge is 2.32. The van der Waals surface area contributed by atoms with Gasteiger partial charge in [-0.2, -0.15) is 0 Å². The summed E-state index contributed by atoms with van der Waals surface area (Å²) in [7, 11) is 1.70. The molecule has 3 aromatic rings. The Labute approximate surface area is 182 Å². The van der Waals surface area contributed by atoms with E-state index in [0.29, 0.717) is 18.1 Å². The third-order valence-electron chi connectivity index (χ3n) is 5.97. The number of aromatic nitrogens is 2. The highest BCUT2D eigenvalue weighted by molar-refractivity contribution is 6.31. The van der Waals surface area contributed by atoms with Gasteiger partial charge in [0.25, 0.3) is 0 Å². The van der Waals surface area contributed by atoms with Crippen molar-refractivity contribution in [3.05, 3.63) is 46.7 Å². The van der Waals surface area contributed by atoms with Gasteiger partial charge in [0.05, 0.1) is 29.1 Å². The van der Waals surface area contributed by atoms with Gasteiger partial charge in [0.15, 0.2) is 0 Å². The number of pyridine rings is 1. The van der Waals surface area contributed by atoms with Crippen molar-refractivity contribution in [2.24, 2.45) is 5.41 Å². The number of methoxy groups -OCH3 is 1. The lowest BCUT2D eigenvalue weighted by atomic mass is 9.84. The molecule has 4 rings (SSSR count). The average molecular weight is 429 g/mol. The standard InChI is InChI=1S/C24H29ClN2O3/c1-14-12-30-20-10-16(25)9-18-19(11-24(3,4)13-28)22(27(14)23(18)20)17-7-6-8-26-21(17)15(2)29-5/h6-10,14-15,28H,11-13H2,1-5H3/t14?,15-/m0/s1. The SMILES string of the molecule is CO[C@@H](C)c1ncccc1-c1c(CC(C)(C)CO)c2cc(Cl)cc3c2n1C(C)CO3. The topological polar surface area (TPSA) is 56.5 Å². The van der Waals surface area contributed by atoms with Gasteiger partial charge in [-0.05, 0) is 49.4 Å². The van der Waals surface area contributed by atoms with E-state index in [4.69, 9.17) is 21.1 Å². The summed E-state index contributed by atoms with van der Waals surface area (Å²) in [5, 5.41) is 11.7. The quantitative estimate of drug-likeness (QED) is 0.556. The van der Waals surface area contributed by atoms with Crippen molar-refractivity contribution < 1.29 is 14.6 Å². The number of aliphatic hydroxyl groups is 1. The van der Waals surface area contributed by atoms with Gasteiger partial charge in [0.1, 0.15) is 12.4 Å². The summed E-state index contributed by atoms with van der Waals surface area (Å²) in [5.74, 6) is 0.801. The van der Waals surface area contributed by atoms with E-state index in [1.165, 1.54) is 0 Å². The molecule has 0 bridgehead atoms. The van der Waals surface area contributed by atoms with Gasteiger partial charge in [-0.25, -0.2) is 0 Å². The molecule has 0 saturated carbocycles. The molecule has 3 heterocycles. The lowest BCUT2D eigenvalue weighted by Gasteiger charge is -2.27. The molecule has 0 fully saturated rings. The second-order valence-electron chi connectivity index (χ2n) is 8.97. The number of aliphatic hydroxyl groups excluding tert-OH is 1. The Bertz CT molecular complexity index is 1090. The lowest BCUT2D eigenvalue weighted by Crippen LogP contribution is -2.22. The Kier molecular flexibility index (Phi) is 5.56. The number of rotatable bonds is 6. The normalized spacial score (nSPS) is 17.2. The Balaban J connectivity index is 2.12. The van der Waals surface area contributed by atoms with Crippen molar-refractivity contribution in [1.82, 2.24) is 9.55 Å². The van der Waals surface area contributed by atoms with Crippen LogP contribution < -0.4 is 4.74 Å². The summed E-state index contributed by atoms with van der Waals surface area (Å²) in [6.45, 7) is 8.99. The van der Waals surface area contributed by atoms with Crippen LogP contribution in [-0.2, 0) is 11.2 Å². The van der Waals surface area contributed by atoms with E-state index in [1.54, 1.807) is 13.3 Å². The van der Waals surface area contributed by atoms with Crippen molar-refractivity contribution >= 4 is 22.5 Å². The number of ether oxygens (including phenoxy) is 2. The number of halogens is 1. The molecule has 0 aliphatic carbocycles. The summed E-state index contributed by atoms with van der Waals surface area (Å²) in [6.07, 6.45) is 2.35. The summed E-state index contributed by atoms with van der Waals surface area (Å²) < 4.78 is 14.0. The van der Waals surface area contributed by atoms with E-state index < -0.39 is 0 Å². The van der Waals surface area contributed by atoms with Gasteiger partial charge >= 0.3 is 0 Å². The Morgan fingerprint density at radius 2 is 2.17 bits per heavy atom. The maximum Gasteiger partial charge on any atom is 0.145 e. The second kappa shape index (κ2) is 7.88. The van der Waals surface area contributed by atoms with Crippen LogP contribution in [0.3, 0.4) is 0 Å². The molecule has 0 amide bonds. The minimum Gasteiger partial charge on any atom is -0.489 e. The van der Waals surface area contributed by atoms with E-state index >= 15 is 0 Å². The largest absolute Gasteiger partial charge is 0.489 e. The van der Waals surface area contributed by atoms with Crippen LogP contribution in [0, 0.1) is 5.41 Å². The lowest BCUT2D eigenvalue weighted by molar-refractivity contribution is 0.116. The molecule has 5 nitrogen and oxygen atoms in total. The fourth-order valence-electron chi connectivity index (χ4n) is 4.33. The Morgan fingerprint density at radius 3 is 2.87 bits per heavy atom. The fraction of sp³-hybridized carbons (Fsp3) is 0.458. The van der Waals surface area contributed by atoms with Crippen LogP contribution in [0.1, 0.15) is 51.1 Å². The maximum atomic E-state index is 10.0. The highest BCUT2D eigenvalue weighted by Crippen LogP contribution is 2.47. The van der Waals surface area contributed by atoms with Crippen molar-refractivity contribution in [2.75, 3.05) is 20.3 Å². The van der Waals surface area contributed by atoms with Gasteiger partial charge in [-0.15, -0.1) is 0 Å². The highest BCUT2D eigenvalue weighted by atomic mass is 35.5. The predicted molar refractivity (Wildman–Crippen MR) is 120 cm³/mol. The van der Waals surface area contributed by atoms with Gasteiger partial charge in [0.2, 0.25) is 0 Å². The van der Waals surface area contributed by atoms with E-state index in [9.17, 15) is 5.11 Å². The molecule has 1 aliphatic rings. The third kappa shape index (κ3) is 3.49. The van der Waals surface area contributed by atoms with E-state index in [1.807, 2.05) is 25.1 Å². The molecule has 1 N–H and O–H groups in total. The zero-order chi connectivity index (χ0) is 21.6. The van der Waals surface area contributed by atoms with Gasteiger partial charge in [-0.1, -0.05) is 25.4 Å². The number of nitrogens with zero attached hydrogens (tertiary/aromatic N) is 2. The van der Waals surface area contributed by atoms with Crippen LogP contribution in [-0.4, -0.2) is 35.0 Å². The molecule has 6 heteroatoms. The molecule has 0 radical (unpaired) electrons. The molecule has 1 aliphatic heterocycles. The zero-order valence-electron chi connectivity index (χ0n) is 18.2. The van der Waals surface area contributed by atoms with Crippen LogP contribution in [0.25, 0.3) is 22.2 Å². The molecule has 0 spiro atoms. The molecular weight excluding hydrogens is 400 g/mol. The van der Waals surface area contributed by atoms with E-state index in [2.05, 4.69) is 36.4 Å². The first-order valence-electron chi connectivity index (χ1n) is 10.4. The minimum absolute atomic E-state index is 0.0902. The fourth-order valence-corrected chi connectivity index (χ4v) is 4.54. The summed E-state index contributed by atoms with van der Waals surface area (Å²) in [4.78, 5) is 4.67. The van der Waals surface area contributed by atoms with E-state index in [-0.39, 0.29) is 24.2 Å². The smallest absolute Gasteiger partial charge is 0.145 e. The zero-order valence-corrected chi connectivity index (χ0v) is 19.0. The van der Waals surface area contributed by atoms with Crippen molar-refractivity contribution in [3.8, 4) is 17.0 Å². The number of hydrogen-bond donors (Lipinski definition) is 1.